The molecule has 1 aliphatic rings. The van der Waals surface area contributed by atoms with Gasteiger partial charge in [-0.15, -0.1) is 0 Å². The molecule has 0 atom stereocenters. The Kier molecular flexibility index (Phi) is 9.94. The maximum absolute atomic E-state index is 15.1. The number of aliphatic carboxylic acids is 1. The predicted octanol–water partition coefficient (Wildman–Crippen LogP) is 5.12. The summed E-state index contributed by atoms with van der Waals surface area (Å²) in [4.78, 5) is 41.0. The van der Waals surface area contributed by atoms with E-state index in [4.69, 9.17) is 30.9 Å². The molecule has 0 aliphatic heterocycles. The minimum absolute atomic E-state index is 0. The number of carbonyl (C=O) groups is 3. The Bertz CT molecular complexity index is 1700. The Morgan fingerprint density at radius 1 is 0.953 bits per heavy atom. The van der Waals surface area contributed by atoms with Crippen LogP contribution in [-0.2, 0) is 14.4 Å². The molecule has 13 heteroatoms. The molecule has 1 saturated carbocycles. The second-order valence-electron chi connectivity index (χ2n) is 9.57. The summed E-state index contributed by atoms with van der Waals surface area (Å²) in [6.45, 7) is -0.0603. The fourth-order valence-electron chi connectivity index (χ4n) is 4.27. The number of carboxylic acids is 1. The molecule has 0 unspecified atom stereocenters. The number of aromatic nitrogens is 1. The van der Waals surface area contributed by atoms with E-state index in [2.05, 4.69) is 15.6 Å². The van der Waals surface area contributed by atoms with E-state index in [0.29, 0.717) is 46.0 Å². The van der Waals surface area contributed by atoms with Crippen molar-refractivity contribution in [3.05, 3.63) is 77.7 Å². The maximum Gasteiger partial charge on any atom is 0.316 e. The lowest BCUT2D eigenvalue weighted by Crippen LogP contribution is -2.35. The third kappa shape index (κ3) is 7.27. The molecule has 3 N–H and O–H groups in total. The predicted molar refractivity (Wildman–Crippen MR) is 161 cm³/mol. The zero-order valence-corrected chi connectivity index (χ0v) is 23.0. The first-order valence-electron chi connectivity index (χ1n) is 12.9. The summed E-state index contributed by atoms with van der Waals surface area (Å²) in [5.74, 6) is -1.95. The van der Waals surface area contributed by atoms with Crippen molar-refractivity contribution < 1.29 is 38.1 Å². The highest BCUT2D eigenvalue weighted by atomic mass is 35.5. The number of amides is 2. The Hall–Kier alpha value is -4.13. The minimum Gasteiger partial charge on any atom is -0.493 e. The number of hydrogen-bond donors (Lipinski definition) is 3. The molecule has 220 valence electrons. The number of hydrogen-bond acceptors (Lipinski definition) is 7. The fourth-order valence-corrected chi connectivity index (χ4v) is 4.46. The van der Waals surface area contributed by atoms with Gasteiger partial charge in [0.2, 0.25) is 11.8 Å². The van der Waals surface area contributed by atoms with E-state index in [1.54, 1.807) is 42.5 Å². The van der Waals surface area contributed by atoms with Crippen molar-refractivity contribution in [3.8, 4) is 23.0 Å². The zero-order valence-electron chi connectivity index (χ0n) is 22.3. The lowest BCUT2D eigenvalue weighted by atomic mass is 10.0. The van der Waals surface area contributed by atoms with Gasteiger partial charge in [-0.2, -0.15) is 0 Å². The van der Waals surface area contributed by atoms with Gasteiger partial charge in [-0.05, 0) is 55.3 Å². The molecule has 4 aromatic rings. The number of nitrogens with one attached hydrogen (secondary N) is 2. The molecule has 0 radical (unpaired) electrons. The van der Waals surface area contributed by atoms with Crippen molar-refractivity contribution in [1.82, 2.24) is 4.98 Å². The SMILES string of the molecule is COc1cc2c(Oc3ccc(NC(=O)C4(C(=O)Nc5cccc(Cl)c5)CC4)cc3F)ccnc2cc1OCCC(=O)O.[MgH2]. The van der Waals surface area contributed by atoms with Crippen LogP contribution in [0.25, 0.3) is 10.9 Å². The van der Waals surface area contributed by atoms with Crippen LogP contribution in [-0.4, -0.2) is 64.6 Å². The molecule has 0 saturated heterocycles. The molecule has 1 aliphatic carbocycles. The van der Waals surface area contributed by atoms with Crippen LogP contribution in [0.3, 0.4) is 0 Å². The summed E-state index contributed by atoms with van der Waals surface area (Å²) < 4.78 is 31.9. The van der Waals surface area contributed by atoms with Gasteiger partial charge in [0.25, 0.3) is 0 Å². The smallest absolute Gasteiger partial charge is 0.316 e. The quantitative estimate of drug-likeness (QED) is 0.155. The number of rotatable bonds is 11. The number of benzene rings is 3. The monoisotopic (exact) mass is 619 g/mol. The molecule has 43 heavy (non-hydrogen) atoms. The van der Waals surface area contributed by atoms with Gasteiger partial charge in [0.15, 0.2) is 23.1 Å². The van der Waals surface area contributed by atoms with E-state index in [1.165, 1.54) is 25.4 Å². The largest absolute Gasteiger partial charge is 0.493 e. The van der Waals surface area contributed by atoms with Gasteiger partial charge in [0, 0.05) is 40.1 Å². The molecule has 1 fully saturated rings. The first-order valence-corrected chi connectivity index (χ1v) is 13.2. The van der Waals surface area contributed by atoms with Crippen molar-refractivity contribution in [2.75, 3.05) is 24.4 Å². The van der Waals surface area contributed by atoms with Gasteiger partial charge in [-0.3, -0.25) is 19.4 Å². The van der Waals surface area contributed by atoms with Crippen LogP contribution in [0.5, 0.6) is 23.0 Å². The molecule has 5 rings (SSSR count). The van der Waals surface area contributed by atoms with Crippen LogP contribution in [0.1, 0.15) is 19.3 Å². The molecular formula is C30H27ClFMgN3O7. The highest BCUT2D eigenvalue weighted by molar-refractivity contribution is 6.31. The van der Waals surface area contributed by atoms with Gasteiger partial charge >= 0.3 is 29.0 Å². The number of ether oxygens (including phenoxy) is 3. The topological polar surface area (TPSA) is 136 Å². The summed E-state index contributed by atoms with van der Waals surface area (Å²) in [5, 5.41) is 15.2. The first-order chi connectivity index (χ1) is 20.2. The normalized spacial score (nSPS) is 12.9. The second kappa shape index (κ2) is 13.4. The average Bonchev–Trinajstić information content (AvgIpc) is 3.77. The highest BCUT2D eigenvalue weighted by Gasteiger charge is 2.56. The van der Waals surface area contributed by atoms with Gasteiger partial charge in [-0.25, -0.2) is 4.39 Å². The lowest BCUT2D eigenvalue weighted by Gasteiger charge is -2.16. The number of anilines is 2. The Labute approximate surface area is 266 Å². The summed E-state index contributed by atoms with van der Waals surface area (Å²) in [6, 6.07) is 15.3. The number of carbonyl (C=O) groups excluding carboxylic acids is 2. The fraction of sp³-hybridized carbons (Fsp3) is 0.200. The standard InChI is InChI=1S/C30H25ClFN3O7.Mg.2H/c1-40-25-15-20-22(16-26(25)41-12-8-27(36)37)33-11-7-23(20)42-24-6-5-19(14-21(24)32)35-29(39)30(9-10-30)28(38)34-18-4-2-3-17(31)13-18;;;/h2-7,11,13-16H,8-10,12H2,1H3,(H,34,38)(H,35,39)(H,36,37);;;. The highest BCUT2D eigenvalue weighted by Crippen LogP contribution is 2.48. The number of fused-ring (bicyclic) bond motifs is 1. The van der Waals surface area contributed by atoms with Crippen LogP contribution < -0.4 is 24.8 Å². The molecule has 3 aromatic carbocycles. The summed E-state index contributed by atoms with van der Waals surface area (Å²) >= 11 is 5.97. The number of carboxylic acid groups (broad SMARTS) is 1. The van der Waals surface area contributed by atoms with Crippen molar-refractivity contribution in [2.24, 2.45) is 5.41 Å². The Morgan fingerprint density at radius 2 is 1.67 bits per heavy atom. The molecule has 1 heterocycles. The third-order valence-electron chi connectivity index (χ3n) is 6.67. The lowest BCUT2D eigenvalue weighted by molar-refractivity contribution is -0.137. The second-order valence-corrected chi connectivity index (χ2v) is 10.0. The van der Waals surface area contributed by atoms with Gasteiger partial charge < -0.3 is 30.0 Å². The van der Waals surface area contributed by atoms with E-state index in [1.807, 2.05) is 0 Å². The summed E-state index contributed by atoms with van der Waals surface area (Å²) in [7, 11) is 1.43. The van der Waals surface area contributed by atoms with Crippen LogP contribution >= 0.6 is 11.6 Å². The van der Waals surface area contributed by atoms with Crippen molar-refractivity contribution in [2.45, 2.75) is 19.3 Å². The van der Waals surface area contributed by atoms with E-state index < -0.39 is 29.0 Å². The molecular weight excluding hydrogens is 593 g/mol. The van der Waals surface area contributed by atoms with Crippen LogP contribution in [0.2, 0.25) is 5.02 Å². The van der Waals surface area contributed by atoms with E-state index >= 15 is 4.39 Å². The van der Waals surface area contributed by atoms with Crippen molar-refractivity contribution >= 4 is 74.7 Å². The maximum atomic E-state index is 15.1. The van der Waals surface area contributed by atoms with Gasteiger partial charge in [-0.1, -0.05) is 17.7 Å². The number of halogens is 2. The van der Waals surface area contributed by atoms with Crippen molar-refractivity contribution in [3.63, 3.8) is 0 Å². The van der Waals surface area contributed by atoms with E-state index in [0.717, 1.165) is 6.07 Å². The molecule has 2 amide bonds. The number of methoxy groups -OCH3 is 1. The summed E-state index contributed by atoms with van der Waals surface area (Å²) in [5.41, 5.74) is -0.161. The van der Waals surface area contributed by atoms with E-state index in [9.17, 15) is 14.4 Å². The zero-order chi connectivity index (χ0) is 29.9. The first kappa shape index (κ1) is 31.8. The number of pyridine rings is 1. The Morgan fingerprint density at radius 3 is 2.30 bits per heavy atom. The van der Waals surface area contributed by atoms with Gasteiger partial charge in [0.1, 0.15) is 11.2 Å². The summed E-state index contributed by atoms with van der Waals surface area (Å²) in [6.07, 6.45) is 2.01. The minimum atomic E-state index is -1.25. The van der Waals surface area contributed by atoms with E-state index in [-0.39, 0.29) is 53.3 Å². The molecule has 0 bridgehead atoms. The Balaban J connectivity index is 0.00000423. The molecule has 0 spiro atoms. The average molecular weight is 620 g/mol. The molecule has 10 nitrogen and oxygen atoms in total. The van der Waals surface area contributed by atoms with Crippen molar-refractivity contribution in [1.29, 1.82) is 0 Å². The third-order valence-corrected chi connectivity index (χ3v) is 6.91. The molecule has 1 aromatic heterocycles. The van der Waals surface area contributed by atoms with Crippen LogP contribution in [0.15, 0.2) is 66.9 Å². The van der Waals surface area contributed by atoms with Crippen LogP contribution in [0.4, 0.5) is 15.8 Å². The van der Waals surface area contributed by atoms with Crippen LogP contribution in [0, 0.1) is 11.2 Å². The number of nitrogens with zero attached hydrogens (tertiary/aromatic N) is 1. The van der Waals surface area contributed by atoms with Gasteiger partial charge in [0.05, 0.1) is 25.7 Å².